The molecule has 87 valence electrons. The van der Waals surface area contributed by atoms with Crippen LogP contribution < -0.4 is 5.32 Å². The van der Waals surface area contributed by atoms with E-state index >= 15 is 0 Å². The maximum atomic E-state index is 11.8. The molecule has 2 atom stereocenters. The van der Waals surface area contributed by atoms with Crippen molar-refractivity contribution >= 4 is 18.3 Å². The average molecular weight is 229 g/mol. The third-order valence-electron chi connectivity index (χ3n) is 2.76. The summed E-state index contributed by atoms with van der Waals surface area (Å²) >= 11 is 0. The van der Waals surface area contributed by atoms with Crippen molar-refractivity contribution in [2.45, 2.75) is 11.6 Å². The Bertz CT molecular complexity index is 398. The van der Waals surface area contributed by atoms with E-state index in [0.717, 1.165) is 11.2 Å². The lowest BCUT2D eigenvalue weighted by atomic mass is 10.0. The van der Waals surface area contributed by atoms with E-state index in [1.54, 1.807) is 0 Å². The van der Waals surface area contributed by atoms with E-state index in [0.29, 0.717) is 4.90 Å². The molecule has 0 aromatic rings. The molecule has 0 spiro atoms. The number of likely N-dealkylation sites (N-methyl/N-ethyl adjacent to an activating group) is 2. The molecule has 1 radical (unpaired) electrons. The third-order valence-corrected chi connectivity index (χ3v) is 2.76. The monoisotopic (exact) mass is 229 g/mol. The highest BCUT2D eigenvalue weighted by atomic mass is 17.1. The van der Waals surface area contributed by atoms with E-state index < -0.39 is 23.5 Å². The summed E-state index contributed by atoms with van der Waals surface area (Å²) in [5, 5.41) is 23.0. The van der Waals surface area contributed by atoms with Crippen molar-refractivity contribution in [1.82, 2.24) is 15.1 Å². The molecule has 1 saturated heterocycles. The van der Waals surface area contributed by atoms with Gasteiger partial charge in [-0.05, 0) is 5.26 Å². The molecule has 2 heterocycles. The standard InChI is InChI=1S/C7H9N4O5/c1-10-4(12)6(16-15)7(14,9-3-8-6)11(2)5(10)13/h3,14H,1-2H3,(H,8,9). The Labute approximate surface area is 89.8 Å². The highest BCUT2D eigenvalue weighted by Gasteiger charge is 2.70. The number of fused-ring (bicyclic) bond motifs is 1. The molecule has 0 saturated carbocycles. The first-order valence-corrected chi connectivity index (χ1v) is 4.31. The maximum Gasteiger partial charge on any atom is 0.330 e. The van der Waals surface area contributed by atoms with Gasteiger partial charge in [-0.25, -0.2) is 9.79 Å². The third kappa shape index (κ3) is 0.876. The topological polar surface area (TPSA) is 114 Å². The largest absolute Gasteiger partial charge is 0.348 e. The van der Waals surface area contributed by atoms with Crippen LogP contribution in [0.4, 0.5) is 4.79 Å². The lowest BCUT2D eigenvalue weighted by molar-refractivity contribution is -0.409. The molecule has 9 nitrogen and oxygen atoms in total. The van der Waals surface area contributed by atoms with Crippen molar-refractivity contribution in [3.8, 4) is 0 Å². The fraction of sp³-hybridized carbons (Fsp3) is 0.571. The quantitative estimate of drug-likeness (QED) is 0.393. The number of nitrogens with zero attached hydrogens (tertiary/aromatic N) is 3. The van der Waals surface area contributed by atoms with E-state index in [1.807, 2.05) is 0 Å². The van der Waals surface area contributed by atoms with E-state index in [1.165, 1.54) is 14.1 Å². The minimum atomic E-state index is -2.37. The van der Waals surface area contributed by atoms with Gasteiger partial charge in [-0.3, -0.25) is 14.6 Å². The summed E-state index contributed by atoms with van der Waals surface area (Å²) in [7, 11) is 2.37. The smallest absolute Gasteiger partial charge is 0.330 e. The van der Waals surface area contributed by atoms with Crippen molar-refractivity contribution in [2.75, 3.05) is 14.1 Å². The zero-order valence-electron chi connectivity index (χ0n) is 8.50. The molecule has 0 aromatic carbocycles. The molecule has 0 aromatic heterocycles. The second-order valence-electron chi connectivity index (χ2n) is 3.51. The lowest BCUT2D eigenvalue weighted by Crippen LogP contribution is -2.78. The number of nitrogens with one attached hydrogen (secondary N) is 1. The number of hydrogen-bond donors (Lipinski definition) is 2. The van der Waals surface area contributed by atoms with E-state index in [-0.39, 0.29) is 0 Å². The molecule has 9 heteroatoms. The van der Waals surface area contributed by atoms with Crippen molar-refractivity contribution in [3.05, 3.63) is 0 Å². The highest BCUT2D eigenvalue weighted by molar-refractivity contribution is 6.04. The number of rotatable bonds is 1. The fourth-order valence-electron chi connectivity index (χ4n) is 1.73. The van der Waals surface area contributed by atoms with Gasteiger partial charge in [0.2, 0.25) is 0 Å². The van der Waals surface area contributed by atoms with Crippen LogP contribution in [-0.2, 0) is 14.9 Å². The van der Waals surface area contributed by atoms with E-state index in [9.17, 15) is 20.0 Å². The zero-order valence-corrected chi connectivity index (χ0v) is 8.50. The number of amides is 3. The summed E-state index contributed by atoms with van der Waals surface area (Å²) in [5.41, 5.74) is -2.33. The first kappa shape index (κ1) is 10.8. The molecule has 2 N–H and O–H groups in total. The molecule has 1 fully saturated rings. The summed E-state index contributed by atoms with van der Waals surface area (Å²) in [4.78, 5) is 32.0. The van der Waals surface area contributed by atoms with Crippen molar-refractivity contribution in [3.63, 3.8) is 0 Å². The van der Waals surface area contributed by atoms with Gasteiger partial charge in [-0.1, -0.05) is 0 Å². The molecular formula is C7H9N4O5. The summed E-state index contributed by atoms with van der Waals surface area (Å²) in [6.07, 6.45) is 0.943. The normalized spacial score (nSPS) is 37.8. The van der Waals surface area contributed by atoms with Crippen LogP contribution in [0.25, 0.3) is 0 Å². The minimum Gasteiger partial charge on any atom is -0.348 e. The summed E-state index contributed by atoms with van der Waals surface area (Å²) in [5.74, 6) is -3.37. The van der Waals surface area contributed by atoms with Crippen LogP contribution in [0.3, 0.4) is 0 Å². The fourth-order valence-corrected chi connectivity index (χ4v) is 1.73. The maximum absolute atomic E-state index is 11.8. The highest BCUT2D eigenvalue weighted by Crippen LogP contribution is 2.36. The minimum absolute atomic E-state index is 0.661. The van der Waals surface area contributed by atoms with Gasteiger partial charge in [-0.2, -0.15) is 4.89 Å². The molecule has 2 rings (SSSR count). The number of carbonyl (C=O) groups excluding carboxylic acids is 2. The van der Waals surface area contributed by atoms with Gasteiger partial charge >= 0.3 is 17.6 Å². The Hall–Kier alpha value is -1.71. The van der Waals surface area contributed by atoms with Crippen LogP contribution >= 0.6 is 0 Å². The Balaban J connectivity index is 2.58. The Kier molecular flexibility index (Phi) is 1.96. The molecule has 2 aliphatic rings. The van der Waals surface area contributed by atoms with Crippen molar-refractivity contribution in [2.24, 2.45) is 4.99 Å². The zero-order chi connectivity index (χ0) is 12.1. The number of aliphatic hydroxyl groups is 1. The van der Waals surface area contributed by atoms with Gasteiger partial charge in [0.1, 0.15) is 0 Å². The average Bonchev–Trinajstić information content (AvgIpc) is 2.63. The van der Waals surface area contributed by atoms with E-state index in [2.05, 4.69) is 15.2 Å². The second-order valence-corrected chi connectivity index (χ2v) is 3.51. The van der Waals surface area contributed by atoms with Crippen LogP contribution in [-0.4, -0.2) is 58.9 Å². The van der Waals surface area contributed by atoms with Gasteiger partial charge in [-0.15, -0.1) is 0 Å². The molecule has 2 aliphatic heterocycles. The SMILES string of the molecule is CN1C(=O)N(C)C2(O)N=CNC2(O[O])C1=O. The van der Waals surface area contributed by atoms with Crippen LogP contribution in [0.1, 0.15) is 0 Å². The predicted molar refractivity (Wildman–Crippen MR) is 47.0 cm³/mol. The Morgan fingerprint density at radius 3 is 2.69 bits per heavy atom. The first-order valence-electron chi connectivity index (χ1n) is 4.31. The van der Waals surface area contributed by atoms with Gasteiger partial charge in [0, 0.05) is 14.1 Å². The molecule has 3 amide bonds. The molecule has 16 heavy (non-hydrogen) atoms. The first-order chi connectivity index (χ1) is 7.40. The van der Waals surface area contributed by atoms with Crippen LogP contribution in [0.5, 0.6) is 0 Å². The summed E-state index contributed by atoms with van der Waals surface area (Å²) in [6, 6.07) is -0.791. The van der Waals surface area contributed by atoms with Crippen LogP contribution in [0.2, 0.25) is 0 Å². The van der Waals surface area contributed by atoms with Crippen LogP contribution in [0.15, 0.2) is 4.99 Å². The molecule has 0 aliphatic carbocycles. The molecule has 2 unspecified atom stereocenters. The van der Waals surface area contributed by atoms with Crippen molar-refractivity contribution in [1.29, 1.82) is 0 Å². The molecular weight excluding hydrogens is 220 g/mol. The Morgan fingerprint density at radius 2 is 2.12 bits per heavy atom. The lowest BCUT2D eigenvalue weighted by Gasteiger charge is -2.46. The van der Waals surface area contributed by atoms with Gasteiger partial charge in [0.15, 0.2) is 0 Å². The van der Waals surface area contributed by atoms with Gasteiger partial charge < -0.3 is 10.4 Å². The Morgan fingerprint density at radius 1 is 1.50 bits per heavy atom. The van der Waals surface area contributed by atoms with Crippen LogP contribution in [0, 0.1) is 0 Å². The predicted octanol–water partition coefficient (Wildman–Crippen LogP) is -2.15. The number of urea groups is 1. The summed E-state index contributed by atoms with van der Waals surface area (Å²) in [6.45, 7) is 0. The number of aliphatic imine (C=N–C) groups is 1. The number of hydrogen-bond acceptors (Lipinski definition) is 6. The summed E-state index contributed by atoms with van der Waals surface area (Å²) < 4.78 is 0. The van der Waals surface area contributed by atoms with Gasteiger partial charge in [0.05, 0.1) is 6.34 Å². The number of imide groups is 1. The van der Waals surface area contributed by atoms with Crippen molar-refractivity contribution < 1.29 is 24.8 Å². The molecule has 0 bridgehead atoms. The second kappa shape index (κ2) is 2.90. The van der Waals surface area contributed by atoms with E-state index in [4.69, 9.17) is 0 Å². The van der Waals surface area contributed by atoms with Gasteiger partial charge in [0.25, 0.3) is 5.91 Å². The number of carbonyl (C=O) groups is 2.